The second-order valence-electron chi connectivity index (χ2n) is 7.18. The lowest BCUT2D eigenvalue weighted by atomic mass is 10.1. The van der Waals surface area contributed by atoms with Crippen molar-refractivity contribution in [2.24, 2.45) is 0 Å². The van der Waals surface area contributed by atoms with Crippen LogP contribution in [-0.4, -0.2) is 6.61 Å². The Balaban J connectivity index is 1.69. The van der Waals surface area contributed by atoms with Crippen molar-refractivity contribution in [1.82, 2.24) is 0 Å². The summed E-state index contributed by atoms with van der Waals surface area (Å²) < 4.78 is 109. The van der Waals surface area contributed by atoms with Crippen molar-refractivity contribution < 1.29 is 44.9 Å². The van der Waals surface area contributed by atoms with Crippen molar-refractivity contribution in [3.05, 3.63) is 89.2 Å². The monoisotopic (exact) mass is 488 g/mol. The number of benzene rings is 3. The number of halogens is 7. The summed E-state index contributed by atoms with van der Waals surface area (Å²) in [5.74, 6) is -3.21. The summed E-state index contributed by atoms with van der Waals surface area (Å²) in [5, 5.41) is 0. The highest BCUT2D eigenvalue weighted by Crippen LogP contribution is 2.36. The Morgan fingerprint density at radius 1 is 0.735 bits per heavy atom. The Morgan fingerprint density at radius 3 is 1.74 bits per heavy atom. The Bertz CT molecular complexity index is 1080. The van der Waals surface area contributed by atoms with Crippen LogP contribution in [0.15, 0.2) is 66.7 Å². The van der Waals surface area contributed by atoms with E-state index in [-0.39, 0.29) is 5.75 Å². The second kappa shape index (κ2) is 10.2. The fourth-order valence-electron chi connectivity index (χ4n) is 3.02. The predicted octanol–water partition coefficient (Wildman–Crippen LogP) is 7.64. The van der Waals surface area contributed by atoms with Gasteiger partial charge in [0, 0.05) is 6.07 Å². The molecule has 0 heterocycles. The molecule has 182 valence electrons. The van der Waals surface area contributed by atoms with Gasteiger partial charge in [-0.2, -0.15) is 26.3 Å². The van der Waals surface area contributed by atoms with Gasteiger partial charge in [0.2, 0.25) is 0 Å². The van der Waals surface area contributed by atoms with Crippen LogP contribution in [0.1, 0.15) is 30.0 Å². The van der Waals surface area contributed by atoms with E-state index in [1.165, 1.54) is 12.1 Å². The fraction of sp³-hybridized carbons (Fsp3) is 0.250. The molecule has 0 aliphatic rings. The van der Waals surface area contributed by atoms with Gasteiger partial charge in [-0.05, 0) is 60.5 Å². The first kappa shape index (κ1) is 25.2. The molecule has 3 rings (SSSR count). The molecule has 0 aromatic heterocycles. The minimum absolute atomic E-state index is 0.373. The zero-order valence-corrected chi connectivity index (χ0v) is 17.7. The summed E-state index contributed by atoms with van der Waals surface area (Å²) >= 11 is 0. The minimum Gasteiger partial charge on any atom is -0.432 e. The third kappa shape index (κ3) is 6.33. The van der Waals surface area contributed by atoms with E-state index in [1.807, 2.05) is 6.92 Å². The van der Waals surface area contributed by atoms with Gasteiger partial charge < -0.3 is 14.2 Å². The van der Waals surface area contributed by atoms with E-state index < -0.39 is 47.3 Å². The van der Waals surface area contributed by atoms with Crippen LogP contribution in [0.5, 0.6) is 17.2 Å². The van der Waals surface area contributed by atoms with Gasteiger partial charge in [-0.1, -0.05) is 25.5 Å². The van der Waals surface area contributed by atoms with Crippen molar-refractivity contribution in [3.8, 4) is 17.2 Å². The second-order valence-corrected chi connectivity index (χ2v) is 7.18. The van der Waals surface area contributed by atoms with E-state index in [0.29, 0.717) is 12.1 Å². The molecule has 0 aliphatic heterocycles. The maximum Gasteiger partial charge on any atom is 0.426 e. The molecule has 10 heteroatoms. The zero-order valence-electron chi connectivity index (χ0n) is 17.7. The van der Waals surface area contributed by atoms with Crippen molar-refractivity contribution >= 4 is 0 Å². The van der Waals surface area contributed by atoms with Crippen molar-refractivity contribution in [1.29, 1.82) is 0 Å². The van der Waals surface area contributed by atoms with E-state index >= 15 is 0 Å². The third-order valence-electron chi connectivity index (χ3n) is 4.63. The number of hydrogen-bond donors (Lipinski definition) is 0. The third-order valence-corrected chi connectivity index (χ3v) is 4.63. The minimum atomic E-state index is -3.99. The van der Waals surface area contributed by atoms with E-state index in [1.54, 1.807) is 12.1 Å². The molecule has 0 saturated heterocycles. The predicted molar refractivity (Wildman–Crippen MR) is 109 cm³/mol. The van der Waals surface area contributed by atoms with Crippen LogP contribution in [-0.2, 0) is 18.6 Å². The Kier molecular flexibility index (Phi) is 7.58. The molecular formula is C24H19F7O3. The molecule has 0 N–H and O–H groups in total. The van der Waals surface area contributed by atoms with Crippen LogP contribution in [0.25, 0.3) is 0 Å². The Hall–Kier alpha value is -3.43. The molecular weight excluding hydrogens is 469 g/mol. The largest absolute Gasteiger partial charge is 0.432 e. The van der Waals surface area contributed by atoms with Gasteiger partial charge in [0.15, 0.2) is 11.6 Å². The fourth-order valence-corrected chi connectivity index (χ4v) is 3.02. The maximum atomic E-state index is 14.4. The van der Waals surface area contributed by atoms with Crippen LogP contribution < -0.4 is 14.2 Å². The van der Waals surface area contributed by atoms with Crippen molar-refractivity contribution in [2.45, 2.75) is 38.6 Å². The van der Waals surface area contributed by atoms with Gasteiger partial charge in [-0.3, -0.25) is 0 Å². The molecule has 3 aromatic carbocycles. The average molecular weight is 488 g/mol. The highest BCUT2D eigenvalue weighted by Gasteiger charge is 2.37. The van der Waals surface area contributed by atoms with Gasteiger partial charge in [0.25, 0.3) is 0 Å². The lowest BCUT2D eigenvalue weighted by Gasteiger charge is -2.21. The first-order valence-corrected chi connectivity index (χ1v) is 10.1. The molecule has 34 heavy (non-hydrogen) atoms. The lowest BCUT2D eigenvalue weighted by molar-refractivity contribution is -0.187. The van der Waals surface area contributed by atoms with Crippen LogP contribution >= 0.6 is 0 Å². The zero-order chi connectivity index (χ0) is 24.9. The molecule has 3 nitrogen and oxygen atoms in total. The molecule has 0 bridgehead atoms. The van der Waals surface area contributed by atoms with Gasteiger partial charge >= 0.3 is 18.8 Å². The Labute approximate surface area is 190 Å². The lowest BCUT2D eigenvalue weighted by Crippen LogP contribution is -2.23. The van der Waals surface area contributed by atoms with Crippen LogP contribution in [0, 0.1) is 5.82 Å². The first-order valence-electron chi connectivity index (χ1n) is 10.1. The van der Waals surface area contributed by atoms with E-state index in [9.17, 15) is 30.7 Å². The van der Waals surface area contributed by atoms with Gasteiger partial charge in [-0.25, -0.2) is 4.39 Å². The molecule has 0 aliphatic carbocycles. The molecule has 0 atom stereocenters. The van der Waals surface area contributed by atoms with Gasteiger partial charge in [0.1, 0.15) is 11.5 Å². The van der Waals surface area contributed by atoms with Gasteiger partial charge in [0.05, 0.1) is 11.1 Å². The number of alkyl halides is 6. The molecule has 0 amide bonds. The molecule has 0 radical (unpaired) electrons. The van der Waals surface area contributed by atoms with Gasteiger partial charge in [-0.15, -0.1) is 0 Å². The quantitative estimate of drug-likeness (QED) is 0.275. The maximum absolute atomic E-state index is 14.4. The molecule has 0 unspecified atom stereocenters. The SMILES string of the molecule is CCCc1ccc(C(F)(F)Oc2ccc(C(F)(F)Oc3ccc(OC(F)F)c(F)c3)cc2)cc1. The molecule has 0 spiro atoms. The standard InChI is InChI=1S/C24H19F7O3/c1-2-3-15-4-6-16(7-5-15)23(28,29)33-18-10-8-17(9-11-18)24(30,31)34-19-12-13-21(20(25)14-19)32-22(26)27/h4-14,22H,2-3H2,1H3. The van der Waals surface area contributed by atoms with E-state index in [0.717, 1.165) is 48.7 Å². The number of hydrogen-bond acceptors (Lipinski definition) is 3. The average Bonchev–Trinajstić information content (AvgIpc) is 2.76. The first-order chi connectivity index (χ1) is 16.0. The molecule has 3 aromatic rings. The summed E-state index contributed by atoms with van der Waals surface area (Å²) in [6.07, 6.45) is -6.09. The van der Waals surface area contributed by atoms with Crippen molar-refractivity contribution in [2.75, 3.05) is 0 Å². The highest BCUT2D eigenvalue weighted by atomic mass is 19.3. The molecule has 0 saturated carbocycles. The summed E-state index contributed by atoms with van der Waals surface area (Å²) in [7, 11) is 0. The van der Waals surface area contributed by atoms with E-state index in [2.05, 4.69) is 9.47 Å². The smallest absolute Gasteiger partial charge is 0.426 e. The number of rotatable bonds is 10. The van der Waals surface area contributed by atoms with Crippen LogP contribution in [0.2, 0.25) is 0 Å². The number of ether oxygens (including phenoxy) is 3. The van der Waals surface area contributed by atoms with Crippen molar-refractivity contribution in [3.63, 3.8) is 0 Å². The van der Waals surface area contributed by atoms with Crippen LogP contribution in [0.4, 0.5) is 30.7 Å². The topological polar surface area (TPSA) is 27.7 Å². The normalized spacial score (nSPS) is 12.0. The summed E-state index contributed by atoms with van der Waals surface area (Å²) in [4.78, 5) is 0. The molecule has 0 fully saturated rings. The highest BCUT2D eigenvalue weighted by molar-refractivity contribution is 5.35. The number of aryl methyl sites for hydroxylation is 1. The summed E-state index contributed by atoms with van der Waals surface area (Å²) in [6, 6.07) is 11.0. The Morgan fingerprint density at radius 2 is 1.24 bits per heavy atom. The summed E-state index contributed by atoms with van der Waals surface area (Å²) in [5.41, 5.74) is -0.239. The van der Waals surface area contributed by atoms with Crippen LogP contribution in [0.3, 0.4) is 0 Å². The van der Waals surface area contributed by atoms with E-state index in [4.69, 9.17) is 4.74 Å². The summed E-state index contributed by atoms with van der Waals surface area (Å²) in [6.45, 7) is -1.33.